The fourth-order valence-corrected chi connectivity index (χ4v) is 3.83. The second-order valence-corrected chi connectivity index (χ2v) is 6.37. The molecule has 2 N–H and O–H groups in total. The molecule has 1 heterocycles. The van der Waals surface area contributed by atoms with E-state index < -0.39 is 0 Å². The van der Waals surface area contributed by atoms with Gasteiger partial charge in [-0.1, -0.05) is 24.3 Å². The second-order valence-electron chi connectivity index (χ2n) is 6.37. The van der Waals surface area contributed by atoms with Crippen LogP contribution in [0.2, 0.25) is 0 Å². The molecule has 0 fully saturated rings. The van der Waals surface area contributed by atoms with E-state index in [0.717, 1.165) is 49.5 Å². The average molecular weight is 325 g/mol. The molecule has 0 bridgehead atoms. The molecule has 1 unspecified atom stereocenters. The number of aliphatic hydroxyl groups is 1. The SMILES string of the molecule is OCCOc1ccccc1CNC1CCc2ccc3c(c21)CCO3. The Morgan fingerprint density at radius 1 is 1.17 bits per heavy atom. The van der Waals surface area contributed by atoms with E-state index in [1.165, 1.54) is 16.7 Å². The molecule has 1 atom stereocenters. The first kappa shape index (κ1) is 15.5. The summed E-state index contributed by atoms with van der Waals surface area (Å²) < 4.78 is 11.4. The summed E-state index contributed by atoms with van der Waals surface area (Å²) in [7, 11) is 0. The van der Waals surface area contributed by atoms with Crippen molar-refractivity contribution in [1.29, 1.82) is 0 Å². The average Bonchev–Trinajstić information content (AvgIpc) is 3.24. The maximum atomic E-state index is 8.97. The quantitative estimate of drug-likeness (QED) is 0.857. The number of nitrogens with one attached hydrogen (secondary N) is 1. The van der Waals surface area contributed by atoms with Crippen LogP contribution in [0.1, 0.15) is 34.7 Å². The molecule has 2 aromatic carbocycles. The van der Waals surface area contributed by atoms with Crippen molar-refractivity contribution in [3.8, 4) is 11.5 Å². The van der Waals surface area contributed by atoms with Crippen LogP contribution in [-0.4, -0.2) is 24.9 Å². The van der Waals surface area contributed by atoms with Gasteiger partial charge >= 0.3 is 0 Å². The summed E-state index contributed by atoms with van der Waals surface area (Å²) in [6.45, 7) is 1.92. The molecule has 0 aromatic heterocycles. The zero-order valence-electron chi connectivity index (χ0n) is 13.8. The van der Waals surface area contributed by atoms with Gasteiger partial charge in [-0.15, -0.1) is 0 Å². The first-order chi connectivity index (χ1) is 11.9. The highest BCUT2D eigenvalue weighted by Crippen LogP contribution is 2.40. The van der Waals surface area contributed by atoms with Crippen LogP contribution in [0.5, 0.6) is 11.5 Å². The first-order valence-corrected chi connectivity index (χ1v) is 8.69. The normalized spacial score (nSPS) is 18.1. The molecule has 2 aromatic rings. The zero-order valence-corrected chi connectivity index (χ0v) is 13.8. The number of hydrogen-bond acceptors (Lipinski definition) is 4. The van der Waals surface area contributed by atoms with Crippen molar-refractivity contribution in [2.75, 3.05) is 19.8 Å². The van der Waals surface area contributed by atoms with Crippen molar-refractivity contribution in [1.82, 2.24) is 5.32 Å². The molecule has 0 spiro atoms. The number of rotatable bonds is 6. The predicted octanol–water partition coefficient (Wildman–Crippen LogP) is 2.77. The van der Waals surface area contributed by atoms with Crippen LogP contribution in [0.15, 0.2) is 36.4 Å². The number of aryl methyl sites for hydroxylation is 1. The van der Waals surface area contributed by atoms with Crippen molar-refractivity contribution < 1.29 is 14.6 Å². The minimum absolute atomic E-state index is 0.0316. The number of fused-ring (bicyclic) bond motifs is 3. The van der Waals surface area contributed by atoms with Crippen molar-refractivity contribution in [3.05, 3.63) is 58.7 Å². The van der Waals surface area contributed by atoms with Gasteiger partial charge in [-0.05, 0) is 36.1 Å². The topological polar surface area (TPSA) is 50.7 Å². The monoisotopic (exact) mass is 325 g/mol. The van der Waals surface area contributed by atoms with Crippen LogP contribution >= 0.6 is 0 Å². The van der Waals surface area contributed by atoms with Gasteiger partial charge in [-0.2, -0.15) is 0 Å². The van der Waals surface area contributed by atoms with E-state index in [1.54, 1.807) is 0 Å². The molecular formula is C20H23NO3. The van der Waals surface area contributed by atoms with Gasteiger partial charge in [-0.25, -0.2) is 0 Å². The minimum atomic E-state index is 0.0316. The Kier molecular flexibility index (Phi) is 4.41. The second kappa shape index (κ2) is 6.83. The molecule has 0 radical (unpaired) electrons. The van der Waals surface area contributed by atoms with Crippen LogP contribution in [0.4, 0.5) is 0 Å². The summed E-state index contributed by atoms with van der Waals surface area (Å²) in [5.74, 6) is 1.91. The molecule has 24 heavy (non-hydrogen) atoms. The van der Waals surface area contributed by atoms with Crippen LogP contribution in [0.25, 0.3) is 0 Å². The molecule has 4 nitrogen and oxygen atoms in total. The maximum absolute atomic E-state index is 8.97. The summed E-state index contributed by atoms with van der Waals surface area (Å²) in [6, 6.07) is 12.8. The van der Waals surface area contributed by atoms with E-state index >= 15 is 0 Å². The van der Waals surface area contributed by atoms with Crippen molar-refractivity contribution >= 4 is 0 Å². The van der Waals surface area contributed by atoms with Gasteiger partial charge in [0.25, 0.3) is 0 Å². The fraction of sp³-hybridized carbons (Fsp3) is 0.400. The Morgan fingerprint density at radius 2 is 2.08 bits per heavy atom. The molecule has 4 rings (SSSR count). The summed E-state index contributed by atoms with van der Waals surface area (Å²) in [6.07, 6.45) is 3.28. The van der Waals surface area contributed by atoms with Crippen molar-refractivity contribution in [2.45, 2.75) is 31.8 Å². The lowest BCUT2D eigenvalue weighted by Gasteiger charge is -2.18. The molecule has 1 aliphatic carbocycles. The smallest absolute Gasteiger partial charge is 0.123 e. The zero-order chi connectivity index (χ0) is 16.4. The van der Waals surface area contributed by atoms with E-state index in [9.17, 15) is 0 Å². The highest BCUT2D eigenvalue weighted by Gasteiger charge is 2.29. The predicted molar refractivity (Wildman–Crippen MR) is 92.6 cm³/mol. The van der Waals surface area contributed by atoms with E-state index in [-0.39, 0.29) is 6.61 Å². The van der Waals surface area contributed by atoms with Gasteiger partial charge in [0, 0.05) is 30.1 Å². The van der Waals surface area contributed by atoms with Crippen LogP contribution < -0.4 is 14.8 Å². The van der Waals surface area contributed by atoms with Gasteiger partial charge in [0.05, 0.1) is 13.2 Å². The summed E-state index contributed by atoms with van der Waals surface area (Å²) in [5, 5.41) is 12.7. The van der Waals surface area contributed by atoms with Crippen molar-refractivity contribution in [3.63, 3.8) is 0 Å². The minimum Gasteiger partial charge on any atom is -0.493 e. The molecule has 4 heteroatoms. The third kappa shape index (κ3) is 2.87. The molecule has 0 saturated carbocycles. The number of ether oxygens (including phenoxy) is 2. The number of para-hydroxylation sites is 1. The van der Waals surface area contributed by atoms with Gasteiger partial charge in [0.15, 0.2) is 0 Å². The summed E-state index contributed by atoms with van der Waals surface area (Å²) in [4.78, 5) is 0. The Hall–Kier alpha value is -2.04. The lowest BCUT2D eigenvalue weighted by atomic mass is 9.98. The fourth-order valence-electron chi connectivity index (χ4n) is 3.83. The van der Waals surface area contributed by atoms with E-state index in [1.807, 2.05) is 18.2 Å². The van der Waals surface area contributed by atoms with E-state index in [2.05, 4.69) is 23.5 Å². The summed E-state index contributed by atoms with van der Waals surface area (Å²) >= 11 is 0. The Morgan fingerprint density at radius 3 is 3.00 bits per heavy atom. The number of benzene rings is 2. The van der Waals surface area contributed by atoms with Gasteiger partial charge in [0.1, 0.15) is 18.1 Å². The van der Waals surface area contributed by atoms with E-state index in [0.29, 0.717) is 12.6 Å². The molecule has 0 amide bonds. The van der Waals surface area contributed by atoms with Gasteiger partial charge in [0.2, 0.25) is 0 Å². The Bertz CT molecular complexity index is 729. The van der Waals surface area contributed by atoms with Crippen LogP contribution in [0.3, 0.4) is 0 Å². The largest absolute Gasteiger partial charge is 0.493 e. The highest BCUT2D eigenvalue weighted by atomic mass is 16.5. The molecular weight excluding hydrogens is 302 g/mol. The lowest BCUT2D eigenvalue weighted by Crippen LogP contribution is -2.20. The maximum Gasteiger partial charge on any atom is 0.123 e. The molecule has 1 aliphatic heterocycles. The van der Waals surface area contributed by atoms with Crippen LogP contribution in [-0.2, 0) is 19.4 Å². The first-order valence-electron chi connectivity index (χ1n) is 8.69. The third-order valence-corrected chi connectivity index (χ3v) is 4.93. The van der Waals surface area contributed by atoms with Gasteiger partial charge in [-0.3, -0.25) is 0 Å². The molecule has 0 saturated heterocycles. The van der Waals surface area contributed by atoms with E-state index in [4.69, 9.17) is 14.6 Å². The van der Waals surface area contributed by atoms with Crippen molar-refractivity contribution in [2.24, 2.45) is 0 Å². The van der Waals surface area contributed by atoms with Crippen LogP contribution in [0, 0.1) is 0 Å². The third-order valence-electron chi connectivity index (χ3n) is 4.93. The lowest BCUT2D eigenvalue weighted by molar-refractivity contribution is 0.200. The Labute approximate surface area is 142 Å². The Balaban J connectivity index is 1.50. The summed E-state index contributed by atoms with van der Waals surface area (Å²) in [5.41, 5.74) is 5.44. The molecule has 126 valence electrons. The number of aliphatic hydroxyl groups excluding tert-OH is 1. The number of hydrogen-bond donors (Lipinski definition) is 2. The molecule has 2 aliphatic rings. The highest BCUT2D eigenvalue weighted by molar-refractivity contribution is 5.51. The van der Waals surface area contributed by atoms with Gasteiger partial charge < -0.3 is 19.9 Å². The standard InChI is InChI=1S/C20H23NO3/c22-10-12-24-18-4-2-1-3-15(18)13-21-17-7-5-14-6-8-19-16(20(14)17)9-11-23-19/h1-4,6,8,17,21-22H,5,7,9-13H2.